The summed E-state index contributed by atoms with van der Waals surface area (Å²) in [6.07, 6.45) is 3.82. The van der Waals surface area contributed by atoms with E-state index in [1.807, 2.05) is 0 Å². The van der Waals surface area contributed by atoms with Crippen LogP contribution in [0, 0.1) is 23.6 Å². The molecule has 9 heteroatoms. The van der Waals surface area contributed by atoms with Gasteiger partial charge in [-0.25, -0.2) is 12.8 Å². The third kappa shape index (κ3) is 5.83. The Bertz CT molecular complexity index is 882. The Morgan fingerprint density at radius 1 is 1.10 bits per heavy atom. The quantitative estimate of drug-likeness (QED) is 0.667. The van der Waals surface area contributed by atoms with Crippen molar-refractivity contribution in [2.75, 3.05) is 19.7 Å². The van der Waals surface area contributed by atoms with Gasteiger partial charge in [0.1, 0.15) is 5.82 Å². The lowest BCUT2D eigenvalue weighted by molar-refractivity contribution is -0.154. The Balaban J connectivity index is 1.45. The molecule has 0 unspecified atom stereocenters. The summed E-state index contributed by atoms with van der Waals surface area (Å²) in [6, 6.07) is 4.79. The van der Waals surface area contributed by atoms with Crippen LogP contribution in [-0.4, -0.2) is 50.3 Å². The van der Waals surface area contributed by atoms with Gasteiger partial charge < -0.3 is 10.1 Å². The van der Waals surface area contributed by atoms with E-state index in [-0.39, 0.29) is 36.5 Å². The minimum Gasteiger partial charge on any atom is -0.455 e. The molecule has 1 aromatic carbocycles. The molecular weight excluding hydrogens is 423 g/mol. The SMILES string of the molecule is C[C@H]1[C@H](C)CCC[C@@H]1NC(=O)COC(=O)C1CCN(S(=O)(=O)c2ccc(F)cc2)CC1. The van der Waals surface area contributed by atoms with Gasteiger partial charge in [-0.2, -0.15) is 4.31 Å². The topological polar surface area (TPSA) is 92.8 Å². The fourth-order valence-corrected chi connectivity index (χ4v) is 5.85. The number of nitrogens with zero attached hydrogens (tertiary/aromatic N) is 1. The molecule has 3 rings (SSSR count). The average molecular weight is 455 g/mol. The molecule has 172 valence electrons. The second kappa shape index (κ2) is 10.1. The van der Waals surface area contributed by atoms with Crippen LogP contribution < -0.4 is 5.32 Å². The van der Waals surface area contributed by atoms with Crippen molar-refractivity contribution < 1.29 is 27.1 Å². The predicted molar refractivity (Wildman–Crippen MR) is 113 cm³/mol. The molecular formula is C22H31FN2O5S. The Morgan fingerprint density at radius 2 is 1.74 bits per heavy atom. The van der Waals surface area contributed by atoms with Gasteiger partial charge in [0.2, 0.25) is 10.0 Å². The molecule has 1 aliphatic carbocycles. The number of carbonyl (C=O) groups is 2. The highest BCUT2D eigenvalue weighted by atomic mass is 32.2. The zero-order valence-corrected chi connectivity index (χ0v) is 18.9. The number of piperidine rings is 1. The lowest BCUT2D eigenvalue weighted by atomic mass is 9.78. The van der Waals surface area contributed by atoms with E-state index in [9.17, 15) is 22.4 Å². The number of rotatable bonds is 6. The number of halogens is 1. The lowest BCUT2D eigenvalue weighted by Gasteiger charge is -2.34. The van der Waals surface area contributed by atoms with E-state index >= 15 is 0 Å². The van der Waals surface area contributed by atoms with Crippen LogP contribution in [0.25, 0.3) is 0 Å². The van der Waals surface area contributed by atoms with Gasteiger partial charge in [-0.1, -0.05) is 26.7 Å². The first-order valence-electron chi connectivity index (χ1n) is 10.9. The summed E-state index contributed by atoms with van der Waals surface area (Å²) < 4.78 is 44.9. The van der Waals surface area contributed by atoms with Crippen molar-refractivity contribution in [1.82, 2.24) is 9.62 Å². The molecule has 1 N–H and O–H groups in total. The molecule has 1 aliphatic heterocycles. The van der Waals surface area contributed by atoms with Crippen LogP contribution in [0.15, 0.2) is 29.2 Å². The molecule has 1 saturated carbocycles. The van der Waals surface area contributed by atoms with Crippen molar-refractivity contribution in [3.05, 3.63) is 30.1 Å². The van der Waals surface area contributed by atoms with E-state index in [4.69, 9.17) is 4.74 Å². The van der Waals surface area contributed by atoms with Gasteiger partial charge in [0.25, 0.3) is 5.91 Å². The molecule has 0 radical (unpaired) electrons. The van der Waals surface area contributed by atoms with Crippen LogP contribution in [0.2, 0.25) is 0 Å². The summed E-state index contributed by atoms with van der Waals surface area (Å²) in [7, 11) is -3.73. The Kier molecular flexibility index (Phi) is 7.69. The fourth-order valence-electron chi connectivity index (χ4n) is 4.38. The zero-order chi connectivity index (χ0) is 22.6. The molecule has 7 nitrogen and oxygen atoms in total. The third-order valence-corrected chi connectivity index (χ3v) is 8.55. The number of amides is 1. The molecule has 1 aromatic rings. The van der Waals surface area contributed by atoms with Crippen LogP contribution in [0.1, 0.15) is 46.0 Å². The Morgan fingerprint density at radius 3 is 2.39 bits per heavy atom. The van der Waals surface area contributed by atoms with E-state index in [0.29, 0.717) is 24.7 Å². The van der Waals surface area contributed by atoms with E-state index in [1.54, 1.807) is 0 Å². The first-order chi connectivity index (χ1) is 14.7. The highest BCUT2D eigenvalue weighted by Gasteiger charge is 2.33. The normalized spacial score (nSPS) is 25.7. The van der Waals surface area contributed by atoms with Gasteiger partial charge in [-0.05, 0) is 55.4 Å². The van der Waals surface area contributed by atoms with Gasteiger partial charge in [-0.15, -0.1) is 0 Å². The minimum atomic E-state index is -3.73. The number of hydrogen-bond donors (Lipinski definition) is 1. The number of benzene rings is 1. The second-order valence-corrected chi connectivity index (χ2v) is 10.6. The lowest BCUT2D eigenvalue weighted by Crippen LogP contribution is -2.45. The smallest absolute Gasteiger partial charge is 0.309 e. The number of hydrogen-bond acceptors (Lipinski definition) is 5. The summed E-state index contributed by atoms with van der Waals surface area (Å²) >= 11 is 0. The molecule has 1 heterocycles. The number of carbonyl (C=O) groups excluding carboxylic acids is 2. The molecule has 2 aliphatic rings. The van der Waals surface area contributed by atoms with E-state index in [0.717, 1.165) is 31.4 Å². The molecule has 0 aromatic heterocycles. The molecule has 1 saturated heterocycles. The van der Waals surface area contributed by atoms with Crippen molar-refractivity contribution in [3.8, 4) is 0 Å². The van der Waals surface area contributed by atoms with Crippen LogP contribution in [0.5, 0.6) is 0 Å². The highest BCUT2D eigenvalue weighted by molar-refractivity contribution is 7.89. The van der Waals surface area contributed by atoms with Crippen molar-refractivity contribution >= 4 is 21.9 Å². The van der Waals surface area contributed by atoms with Crippen molar-refractivity contribution in [2.45, 2.75) is 56.9 Å². The van der Waals surface area contributed by atoms with Crippen LogP contribution in [0.4, 0.5) is 4.39 Å². The number of esters is 1. The molecule has 2 fully saturated rings. The maximum Gasteiger partial charge on any atom is 0.309 e. The van der Waals surface area contributed by atoms with Crippen LogP contribution >= 0.6 is 0 Å². The van der Waals surface area contributed by atoms with Crippen molar-refractivity contribution in [1.29, 1.82) is 0 Å². The van der Waals surface area contributed by atoms with E-state index < -0.39 is 27.7 Å². The predicted octanol–water partition coefficient (Wildman–Crippen LogP) is 2.71. The number of ether oxygens (including phenoxy) is 1. The molecule has 3 atom stereocenters. The third-order valence-electron chi connectivity index (χ3n) is 6.64. The fraction of sp³-hybridized carbons (Fsp3) is 0.636. The first kappa shape index (κ1) is 23.7. The maximum absolute atomic E-state index is 13.1. The monoisotopic (exact) mass is 454 g/mol. The van der Waals surface area contributed by atoms with Gasteiger partial charge in [-0.3, -0.25) is 9.59 Å². The Hall–Kier alpha value is -2.00. The van der Waals surface area contributed by atoms with E-state index in [1.165, 1.54) is 16.4 Å². The highest BCUT2D eigenvalue weighted by Crippen LogP contribution is 2.29. The largest absolute Gasteiger partial charge is 0.455 e. The summed E-state index contributed by atoms with van der Waals surface area (Å²) in [6.45, 7) is 4.34. The second-order valence-electron chi connectivity index (χ2n) is 8.68. The van der Waals surface area contributed by atoms with Crippen LogP contribution in [0.3, 0.4) is 0 Å². The van der Waals surface area contributed by atoms with Crippen molar-refractivity contribution in [2.24, 2.45) is 17.8 Å². The number of nitrogens with one attached hydrogen (secondary N) is 1. The van der Waals surface area contributed by atoms with Gasteiger partial charge >= 0.3 is 5.97 Å². The van der Waals surface area contributed by atoms with Gasteiger partial charge in [0, 0.05) is 19.1 Å². The van der Waals surface area contributed by atoms with Crippen LogP contribution in [-0.2, 0) is 24.3 Å². The summed E-state index contributed by atoms with van der Waals surface area (Å²) in [4.78, 5) is 24.6. The van der Waals surface area contributed by atoms with Gasteiger partial charge in [0.05, 0.1) is 10.8 Å². The molecule has 0 spiro atoms. The maximum atomic E-state index is 13.1. The number of sulfonamides is 1. The Labute approximate surface area is 183 Å². The summed E-state index contributed by atoms with van der Waals surface area (Å²) in [5.41, 5.74) is 0. The molecule has 0 bridgehead atoms. The summed E-state index contributed by atoms with van der Waals surface area (Å²) in [5.74, 6) is -0.772. The summed E-state index contributed by atoms with van der Waals surface area (Å²) in [5, 5.41) is 2.98. The zero-order valence-electron chi connectivity index (χ0n) is 18.1. The molecule has 1 amide bonds. The molecule has 31 heavy (non-hydrogen) atoms. The minimum absolute atomic E-state index is 0.0258. The van der Waals surface area contributed by atoms with E-state index in [2.05, 4.69) is 19.2 Å². The standard InChI is InChI=1S/C22H31FN2O5S/c1-15-4-3-5-20(16(15)2)24-21(26)14-30-22(27)17-10-12-25(13-11-17)31(28,29)19-8-6-18(23)7-9-19/h6-9,15-17,20H,3-5,10-14H2,1-2H3,(H,24,26)/t15-,16+,20+/m1/s1. The average Bonchev–Trinajstić information content (AvgIpc) is 2.75. The van der Waals surface area contributed by atoms with Crippen molar-refractivity contribution in [3.63, 3.8) is 0 Å². The first-order valence-corrected chi connectivity index (χ1v) is 12.3. The van der Waals surface area contributed by atoms with Gasteiger partial charge in [0.15, 0.2) is 6.61 Å².